The maximum absolute atomic E-state index is 13.2. The zero-order chi connectivity index (χ0) is 13.6. The van der Waals surface area contributed by atoms with Gasteiger partial charge in [-0.05, 0) is 6.07 Å². The number of hydrogen-bond donors (Lipinski definition) is 2. The Balaban J connectivity index is 2.49. The molecule has 0 saturated heterocycles. The summed E-state index contributed by atoms with van der Waals surface area (Å²) in [7, 11) is 0. The maximum Gasteiger partial charge on any atom is 0.455 e. The van der Waals surface area contributed by atoms with Gasteiger partial charge < -0.3 is 10.7 Å². The highest BCUT2D eigenvalue weighted by Crippen LogP contribution is 2.44. The highest BCUT2D eigenvalue weighted by Gasteiger charge is 2.62. The van der Waals surface area contributed by atoms with Crippen molar-refractivity contribution in [2.75, 3.05) is 0 Å². The van der Waals surface area contributed by atoms with Crippen LogP contribution < -0.4 is 5.73 Å². The molecule has 2 aromatic rings. The Hall–Kier alpha value is -1.63. The minimum Gasteiger partial charge on any atom is -0.361 e. The van der Waals surface area contributed by atoms with Gasteiger partial charge in [-0.3, -0.25) is 0 Å². The lowest BCUT2D eigenvalue weighted by atomic mass is 10.0. The van der Waals surface area contributed by atoms with Crippen molar-refractivity contribution in [2.24, 2.45) is 5.73 Å². The van der Waals surface area contributed by atoms with Gasteiger partial charge in [0.25, 0.3) is 0 Å². The molecule has 2 rings (SSSR count). The molecule has 1 atom stereocenters. The second-order valence-electron chi connectivity index (χ2n) is 3.89. The first-order valence-electron chi connectivity index (χ1n) is 5.01. The van der Waals surface area contributed by atoms with Crippen LogP contribution in [0.1, 0.15) is 11.6 Å². The SMILES string of the molecule is N[C@H](c1c[nH]c2ccccc12)C(F)(F)C(F)(F)F. The number of benzene rings is 1. The van der Waals surface area contributed by atoms with Gasteiger partial charge in [0.1, 0.15) is 6.04 Å². The van der Waals surface area contributed by atoms with E-state index in [4.69, 9.17) is 5.73 Å². The molecule has 3 N–H and O–H groups in total. The van der Waals surface area contributed by atoms with Crippen LogP contribution in [-0.2, 0) is 0 Å². The van der Waals surface area contributed by atoms with E-state index < -0.39 is 18.1 Å². The van der Waals surface area contributed by atoms with Gasteiger partial charge in [-0.2, -0.15) is 22.0 Å². The highest BCUT2D eigenvalue weighted by atomic mass is 19.4. The molecule has 1 aromatic carbocycles. The Kier molecular flexibility index (Phi) is 2.81. The Morgan fingerprint density at radius 2 is 1.67 bits per heavy atom. The van der Waals surface area contributed by atoms with E-state index in [2.05, 4.69) is 4.98 Å². The van der Waals surface area contributed by atoms with Gasteiger partial charge in [0.15, 0.2) is 0 Å². The van der Waals surface area contributed by atoms with Crippen molar-refractivity contribution in [1.29, 1.82) is 0 Å². The molecule has 0 bridgehead atoms. The summed E-state index contributed by atoms with van der Waals surface area (Å²) < 4.78 is 63.0. The van der Waals surface area contributed by atoms with Crippen molar-refractivity contribution in [2.45, 2.75) is 18.1 Å². The molecule has 1 heterocycles. The maximum atomic E-state index is 13.2. The first-order chi connectivity index (χ1) is 8.25. The second kappa shape index (κ2) is 3.94. The third-order valence-electron chi connectivity index (χ3n) is 2.72. The predicted octanol–water partition coefficient (Wildman–Crippen LogP) is 3.37. The molecular weight excluding hydrogens is 255 g/mol. The molecule has 0 aliphatic rings. The van der Waals surface area contributed by atoms with Gasteiger partial charge in [-0.25, -0.2) is 0 Å². The van der Waals surface area contributed by atoms with Gasteiger partial charge in [-0.1, -0.05) is 18.2 Å². The third-order valence-corrected chi connectivity index (χ3v) is 2.72. The third kappa shape index (κ3) is 1.84. The summed E-state index contributed by atoms with van der Waals surface area (Å²) in [5, 5.41) is 0.258. The van der Waals surface area contributed by atoms with Gasteiger partial charge in [0.2, 0.25) is 0 Å². The zero-order valence-corrected chi connectivity index (χ0v) is 8.93. The van der Waals surface area contributed by atoms with E-state index in [1.165, 1.54) is 12.1 Å². The summed E-state index contributed by atoms with van der Waals surface area (Å²) in [6.07, 6.45) is -4.60. The number of para-hydroxylation sites is 1. The molecule has 7 heteroatoms. The molecule has 0 radical (unpaired) electrons. The summed E-state index contributed by atoms with van der Waals surface area (Å²) in [6.45, 7) is 0. The number of hydrogen-bond acceptors (Lipinski definition) is 1. The number of fused-ring (bicyclic) bond motifs is 1. The number of aromatic nitrogens is 1. The molecular formula is C11H9F5N2. The first kappa shape index (κ1) is 12.8. The van der Waals surface area contributed by atoms with Crippen LogP contribution in [0.2, 0.25) is 0 Å². The van der Waals surface area contributed by atoms with Crippen LogP contribution in [0.4, 0.5) is 22.0 Å². The van der Waals surface area contributed by atoms with E-state index in [1.807, 2.05) is 0 Å². The van der Waals surface area contributed by atoms with E-state index in [0.717, 1.165) is 6.20 Å². The lowest BCUT2D eigenvalue weighted by molar-refractivity contribution is -0.290. The summed E-state index contributed by atoms with van der Waals surface area (Å²) in [6, 6.07) is 3.74. The molecule has 0 fully saturated rings. The predicted molar refractivity (Wildman–Crippen MR) is 56.2 cm³/mol. The molecule has 0 spiro atoms. The molecule has 0 aliphatic heterocycles. The summed E-state index contributed by atoms with van der Waals surface area (Å²) >= 11 is 0. The van der Waals surface area contributed by atoms with Crippen molar-refractivity contribution in [3.8, 4) is 0 Å². The number of alkyl halides is 5. The molecule has 98 valence electrons. The number of nitrogens with two attached hydrogens (primary N) is 1. The Bertz CT molecular complexity index is 558. The van der Waals surface area contributed by atoms with E-state index in [9.17, 15) is 22.0 Å². The van der Waals surface area contributed by atoms with Crippen LogP contribution in [0.5, 0.6) is 0 Å². The molecule has 2 nitrogen and oxygen atoms in total. The highest BCUT2D eigenvalue weighted by molar-refractivity contribution is 5.83. The van der Waals surface area contributed by atoms with Crippen LogP contribution in [0.25, 0.3) is 10.9 Å². The van der Waals surface area contributed by atoms with E-state index in [0.29, 0.717) is 5.52 Å². The fraction of sp³-hybridized carbons (Fsp3) is 0.273. The normalized spacial score (nSPS) is 15.0. The monoisotopic (exact) mass is 264 g/mol. The van der Waals surface area contributed by atoms with E-state index in [1.54, 1.807) is 12.1 Å². The second-order valence-corrected chi connectivity index (χ2v) is 3.89. The lowest BCUT2D eigenvalue weighted by Crippen LogP contribution is -2.45. The van der Waals surface area contributed by atoms with Crippen molar-refractivity contribution in [1.82, 2.24) is 4.98 Å². The van der Waals surface area contributed by atoms with Gasteiger partial charge >= 0.3 is 12.1 Å². The van der Waals surface area contributed by atoms with Crippen molar-refractivity contribution >= 4 is 10.9 Å². The molecule has 0 aliphatic carbocycles. The summed E-state index contributed by atoms with van der Waals surface area (Å²) in [5.74, 6) is -4.97. The van der Waals surface area contributed by atoms with Crippen LogP contribution in [-0.4, -0.2) is 17.1 Å². The van der Waals surface area contributed by atoms with E-state index in [-0.39, 0.29) is 10.9 Å². The van der Waals surface area contributed by atoms with Gasteiger partial charge in [0, 0.05) is 22.7 Å². The fourth-order valence-corrected chi connectivity index (χ4v) is 1.72. The molecule has 0 amide bonds. The topological polar surface area (TPSA) is 41.8 Å². The fourth-order valence-electron chi connectivity index (χ4n) is 1.72. The van der Waals surface area contributed by atoms with Crippen LogP contribution >= 0.6 is 0 Å². The lowest BCUT2D eigenvalue weighted by Gasteiger charge is -2.25. The van der Waals surface area contributed by atoms with Crippen LogP contribution in [0.3, 0.4) is 0 Å². The number of rotatable bonds is 2. The van der Waals surface area contributed by atoms with Crippen molar-refractivity contribution in [3.05, 3.63) is 36.0 Å². The Labute approximate surface area is 98.6 Å². The minimum atomic E-state index is -5.68. The quantitative estimate of drug-likeness (QED) is 0.802. The largest absolute Gasteiger partial charge is 0.455 e. The smallest absolute Gasteiger partial charge is 0.361 e. The minimum absolute atomic E-state index is 0.257. The molecule has 0 saturated carbocycles. The number of nitrogens with one attached hydrogen (secondary N) is 1. The van der Waals surface area contributed by atoms with Crippen LogP contribution in [0.15, 0.2) is 30.5 Å². The number of aromatic amines is 1. The van der Waals surface area contributed by atoms with Gasteiger partial charge in [0.05, 0.1) is 0 Å². The first-order valence-corrected chi connectivity index (χ1v) is 5.01. The Morgan fingerprint density at radius 1 is 1.06 bits per heavy atom. The van der Waals surface area contributed by atoms with Crippen LogP contribution in [0, 0.1) is 0 Å². The average molecular weight is 264 g/mol. The van der Waals surface area contributed by atoms with E-state index >= 15 is 0 Å². The zero-order valence-electron chi connectivity index (χ0n) is 8.93. The van der Waals surface area contributed by atoms with Crippen molar-refractivity contribution in [3.63, 3.8) is 0 Å². The summed E-state index contributed by atoms with van der Waals surface area (Å²) in [4.78, 5) is 2.61. The average Bonchev–Trinajstić information content (AvgIpc) is 2.70. The molecule has 0 unspecified atom stereocenters. The van der Waals surface area contributed by atoms with Crippen molar-refractivity contribution < 1.29 is 22.0 Å². The number of halogens is 5. The number of H-pyrrole nitrogens is 1. The summed E-state index contributed by atoms with van der Waals surface area (Å²) in [5.41, 5.74) is 5.28. The Morgan fingerprint density at radius 3 is 2.28 bits per heavy atom. The standard InChI is InChI=1S/C11H9F5N2/c12-10(13,11(14,15)16)9(17)7-5-18-8-4-2-1-3-6(7)8/h1-5,9,18H,17H2/t9-/m1/s1. The van der Waals surface area contributed by atoms with Gasteiger partial charge in [-0.15, -0.1) is 0 Å². The molecule has 18 heavy (non-hydrogen) atoms. The molecule has 1 aromatic heterocycles.